The van der Waals surface area contributed by atoms with E-state index in [0.717, 1.165) is 49.1 Å². The molecule has 6 heteroatoms. The molecule has 0 aliphatic carbocycles. The minimum Gasteiger partial charge on any atom is -0.388 e. The quantitative estimate of drug-likeness (QED) is 0.475. The van der Waals surface area contributed by atoms with E-state index in [0.29, 0.717) is 19.0 Å². The summed E-state index contributed by atoms with van der Waals surface area (Å²) in [4.78, 5) is 9.33. The van der Waals surface area contributed by atoms with E-state index in [-0.39, 0.29) is 0 Å². The van der Waals surface area contributed by atoms with Crippen LogP contribution < -0.4 is 10.6 Å². The molecule has 1 aromatic heterocycles. The fourth-order valence-electron chi connectivity index (χ4n) is 3.31. The second-order valence-electron chi connectivity index (χ2n) is 6.85. The third-order valence-corrected chi connectivity index (χ3v) is 4.62. The Morgan fingerprint density at radius 2 is 1.85 bits per heavy atom. The maximum atomic E-state index is 10.8. The average molecular weight is 360 g/mol. The number of fused-ring (bicyclic) bond motifs is 1. The molecule has 0 atom stereocenters. The van der Waals surface area contributed by atoms with Gasteiger partial charge in [0.2, 0.25) is 0 Å². The van der Waals surface area contributed by atoms with Gasteiger partial charge in [0.15, 0.2) is 5.96 Å². The summed E-state index contributed by atoms with van der Waals surface area (Å²) in [6, 6.07) is 8.09. The molecule has 26 heavy (non-hydrogen) atoms. The first kappa shape index (κ1) is 20.2. The van der Waals surface area contributed by atoms with Crippen LogP contribution in [0.3, 0.4) is 0 Å². The molecule has 0 spiro atoms. The van der Waals surface area contributed by atoms with Gasteiger partial charge in [0.25, 0.3) is 0 Å². The SMILES string of the molecule is CCCC(O)(CCC)CNC(=NCc1nc2ccccc2n1C)NCC. The van der Waals surface area contributed by atoms with Crippen LogP contribution in [0.25, 0.3) is 11.0 Å². The minimum atomic E-state index is -0.683. The molecule has 0 saturated heterocycles. The van der Waals surface area contributed by atoms with Crippen LogP contribution in [0.1, 0.15) is 52.3 Å². The van der Waals surface area contributed by atoms with Crippen LogP contribution in [0.2, 0.25) is 0 Å². The number of benzene rings is 1. The van der Waals surface area contributed by atoms with E-state index in [9.17, 15) is 5.11 Å². The number of aliphatic hydroxyl groups is 1. The Hall–Kier alpha value is -2.08. The predicted octanol–water partition coefficient (Wildman–Crippen LogP) is 2.96. The highest BCUT2D eigenvalue weighted by atomic mass is 16.3. The number of nitrogens with one attached hydrogen (secondary N) is 2. The van der Waals surface area contributed by atoms with Crippen molar-refractivity contribution in [2.75, 3.05) is 13.1 Å². The molecule has 0 radical (unpaired) electrons. The molecule has 0 unspecified atom stereocenters. The van der Waals surface area contributed by atoms with Crippen molar-refractivity contribution >= 4 is 17.0 Å². The average Bonchev–Trinajstić information content (AvgIpc) is 2.94. The molecule has 0 aliphatic rings. The van der Waals surface area contributed by atoms with Gasteiger partial charge in [0.1, 0.15) is 12.4 Å². The highest BCUT2D eigenvalue weighted by Crippen LogP contribution is 2.18. The van der Waals surface area contributed by atoms with E-state index in [1.165, 1.54) is 0 Å². The monoisotopic (exact) mass is 359 g/mol. The molecule has 0 amide bonds. The largest absolute Gasteiger partial charge is 0.388 e. The van der Waals surface area contributed by atoms with Gasteiger partial charge in [-0.15, -0.1) is 0 Å². The zero-order valence-electron chi connectivity index (χ0n) is 16.5. The maximum Gasteiger partial charge on any atom is 0.191 e. The second-order valence-corrected chi connectivity index (χ2v) is 6.85. The number of rotatable bonds is 9. The molecule has 2 rings (SSSR count). The van der Waals surface area contributed by atoms with E-state index in [1.54, 1.807) is 0 Å². The number of aliphatic imine (C=N–C) groups is 1. The zero-order valence-corrected chi connectivity index (χ0v) is 16.5. The number of hydrogen-bond donors (Lipinski definition) is 3. The second kappa shape index (κ2) is 9.57. The molecular weight excluding hydrogens is 326 g/mol. The zero-order chi connectivity index (χ0) is 19.0. The number of imidazole rings is 1. The van der Waals surface area contributed by atoms with Gasteiger partial charge in [-0.25, -0.2) is 9.98 Å². The smallest absolute Gasteiger partial charge is 0.191 e. The summed E-state index contributed by atoms with van der Waals surface area (Å²) in [5, 5.41) is 17.4. The van der Waals surface area contributed by atoms with Crippen molar-refractivity contribution in [3.63, 3.8) is 0 Å². The molecule has 6 nitrogen and oxygen atoms in total. The van der Waals surface area contributed by atoms with Crippen molar-refractivity contribution in [3.8, 4) is 0 Å². The Balaban J connectivity index is 2.08. The molecule has 144 valence electrons. The van der Waals surface area contributed by atoms with Crippen molar-refractivity contribution in [2.45, 2.75) is 58.6 Å². The van der Waals surface area contributed by atoms with Gasteiger partial charge in [-0.1, -0.05) is 38.8 Å². The van der Waals surface area contributed by atoms with Gasteiger partial charge in [0, 0.05) is 20.1 Å². The fourth-order valence-corrected chi connectivity index (χ4v) is 3.31. The predicted molar refractivity (Wildman–Crippen MR) is 108 cm³/mol. The number of nitrogens with zero attached hydrogens (tertiary/aromatic N) is 3. The topological polar surface area (TPSA) is 74.5 Å². The van der Waals surface area contributed by atoms with Crippen molar-refractivity contribution in [3.05, 3.63) is 30.1 Å². The molecule has 0 aliphatic heterocycles. The van der Waals surface area contributed by atoms with Crippen LogP contribution in [0.5, 0.6) is 0 Å². The lowest BCUT2D eigenvalue weighted by molar-refractivity contribution is 0.0257. The van der Waals surface area contributed by atoms with Crippen LogP contribution >= 0.6 is 0 Å². The summed E-state index contributed by atoms with van der Waals surface area (Å²) in [5.74, 6) is 1.63. The third-order valence-electron chi connectivity index (χ3n) is 4.62. The summed E-state index contributed by atoms with van der Waals surface area (Å²) in [7, 11) is 2.02. The number of aryl methyl sites for hydroxylation is 1. The molecule has 3 N–H and O–H groups in total. The molecule has 2 aromatic rings. The van der Waals surface area contributed by atoms with E-state index in [2.05, 4.69) is 45.1 Å². The lowest BCUT2D eigenvalue weighted by atomic mass is 9.93. The molecule has 0 bridgehead atoms. The third kappa shape index (κ3) is 5.21. The maximum absolute atomic E-state index is 10.8. The summed E-state index contributed by atoms with van der Waals surface area (Å²) in [5.41, 5.74) is 1.41. The van der Waals surface area contributed by atoms with Crippen LogP contribution in [0, 0.1) is 0 Å². The molecule has 0 saturated carbocycles. The Kier molecular flexibility index (Phi) is 7.45. The highest BCUT2D eigenvalue weighted by Gasteiger charge is 2.24. The lowest BCUT2D eigenvalue weighted by Crippen LogP contribution is -2.47. The number of aromatic nitrogens is 2. The number of para-hydroxylation sites is 2. The van der Waals surface area contributed by atoms with Crippen LogP contribution in [0.15, 0.2) is 29.3 Å². The number of guanidine groups is 1. The Morgan fingerprint density at radius 1 is 1.15 bits per heavy atom. The Bertz CT molecular complexity index is 716. The standard InChI is InChI=1S/C20H33N5O/c1-5-12-20(26,13-6-2)15-23-19(21-7-3)22-14-18-24-16-10-8-9-11-17(16)25(18)4/h8-11,26H,5-7,12-15H2,1-4H3,(H2,21,22,23). The van der Waals surface area contributed by atoms with Crippen molar-refractivity contribution in [2.24, 2.45) is 12.0 Å². The van der Waals surface area contributed by atoms with E-state index in [4.69, 9.17) is 0 Å². The summed E-state index contributed by atoms with van der Waals surface area (Å²) < 4.78 is 2.08. The van der Waals surface area contributed by atoms with Crippen LogP contribution in [-0.4, -0.2) is 39.3 Å². The Morgan fingerprint density at radius 3 is 2.46 bits per heavy atom. The van der Waals surface area contributed by atoms with Gasteiger partial charge in [0.05, 0.1) is 16.6 Å². The molecule has 0 fully saturated rings. The van der Waals surface area contributed by atoms with Gasteiger partial charge >= 0.3 is 0 Å². The fraction of sp³-hybridized carbons (Fsp3) is 0.600. The van der Waals surface area contributed by atoms with E-state index in [1.807, 2.05) is 32.2 Å². The molecule has 1 heterocycles. The Labute approximate surface area is 156 Å². The molecule has 1 aromatic carbocycles. The van der Waals surface area contributed by atoms with Gasteiger partial charge in [-0.2, -0.15) is 0 Å². The van der Waals surface area contributed by atoms with Gasteiger partial charge in [-0.3, -0.25) is 0 Å². The first-order valence-corrected chi connectivity index (χ1v) is 9.68. The van der Waals surface area contributed by atoms with E-state index >= 15 is 0 Å². The normalized spacial score (nSPS) is 12.6. The first-order valence-electron chi connectivity index (χ1n) is 9.68. The highest BCUT2D eigenvalue weighted by molar-refractivity contribution is 5.80. The lowest BCUT2D eigenvalue weighted by Gasteiger charge is -2.28. The van der Waals surface area contributed by atoms with Crippen molar-refractivity contribution in [1.29, 1.82) is 0 Å². The summed E-state index contributed by atoms with van der Waals surface area (Å²) in [6.45, 7) is 8.01. The molecular formula is C20H33N5O. The van der Waals surface area contributed by atoms with Gasteiger partial charge in [-0.05, 0) is 31.9 Å². The van der Waals surface area contributed by atoms with Crippen molar-refractivity contribution in [1.82, 2.24) is 20.2 Å². The first-order chi connectivity index (χ1) is 12.5. The van der Waals surface area contributed by atoms with Crippen LogP contribution in [0.4, 0.5) is 0 Å². The van der Waals surface area contributed by atoms with Crippen LogP contribution in [-0.2, 0) is 13.6 Å². The minimum absolute atomic E-state index is 0.487. The summed E-state index contributed by atoms with van der Waals surface area (Å²) in [6.07, 6.45) is 3.51. The summed E-state index contributed by atoms with van der Waals surface area (Å²) >= 11 is 0. The van der Waals surface area contributed by atoms with Gasteiger partial charge < -0.3 is 20.3 Å². The van der Waals surface area contributed by atoms with E-state index < -0.39 is 5.60 Å². The number of hydrogen-bond acceptors (Lipinski definition) is 3. The van der Waals surface area contributed by atoms with Crippen molar-refractivity contribution < 1.29 is 5.11 Å².